The molecule has 2 aromatic carbocycles. The number of Topliss-reactive ketones (excluding diaryl/α,β-unsaturated/α-hetero) is 1. The zero-order valence-corrected chi connectivity index (χ0v) is 15.8. The molecule has 26 heavy (non-hydrogen) atoms. The van der Waals surface area contributed by atoms with Gasteiger partial charge in [0.1, 0.15) is 0 Å². The molecule has 0 unspecified atom stereocenters. The van der Waals surface area contributed by atoms with Crippen molar-refractivity contribution in [3.05, 3.63) is 70.5 Å². The van der Waals surface area contributed by atoms with Gasteiger partial charge in [-0.2, -0.15) is 0 Å². The van der Waals surface area contributed by atoms with E-state index >= 15 is 0 Å². The highest BCUT2D eigenvalue weighted by molar-refractivity contribution is 7.99. The number of aromatic nitrogens is 2. The van der Waals surface area contributed by atoms with Crippen molar-refractivity contribution in [2.45, 2.75) is 37.9 Å². The van der Waals surface area contributed by atoms with Crippen LogP contribution in [0.1, 0.15) is 43.1 Å². The van der Waals surface area contributed by atoms with E-state index in [4.69, 9.17) is 0 Å². The zero-order chi connectivity index (χ0) is 18.5. The molecule has 0 saturated carbocycles. The number of fused-ring (bicyclic) bond motifs is 1. The van der Waals surface area contributed by atoms with E-state index in [1.807, 2.05) is 68.4 Å². The summed E-state index contributed by atoms with van der Waals surface area (Å²) in [6.45, 7) is 3.97. The van der Waals surface area contributed by atoms with E-state index in [2.05, 4.69) is 4.98 Å². The van der Waals surface area contributed by atoms with Gasteiger partial charge >= 0.3 is 0 Å². The molecule has 0 fully saturated rings. The average Bonchev–Trinajstić information content (AvgIpc) is 2.65. The van der Waals surface area contributed by atoms with Crippen LogP contribution >= 0.6 is 11.8 Å². The quantitative estimate of drug-likeness (QED) is 0.262. The third-order valence-electron chi connectivity index (χ3n) is 4.17. The molecule has 0 atom stereocenters. The molecule has 0 radical (unpaired) electrons. The summed E-state index contributed by atoms with van der Waals surface area (Å²) in [7, 11) is 0. The molecule has 134 valence electrons. The normalized spacial score (nSPS) is 11.2. The Balaban J connectivity index is 1.71. The van der Waals surface area contributed by atoms with E-state index in [0.717, 1.165) is 28.4 Å². The van der Waals surface area contributed by atoms with Gasteiger partial charge in [-0.15, -0.1) is 0 Å². The molecule has 5 heteroatoms. The van der Waals surface area contributed by atoms with E-state index < -0.39 is 0 Å². The highest BCUT2D eigenvalue weighted by Crippen LogP contribution is 2.22. The van der Waals surface area contributed by atoms with Crippen molar-refractivity contribution in [2.75, 3.05) is 5.75 Å². The fourth-order valence-electron chi connectivity index (χ4n) is 2.85. The molecular formula is C21H22N2O2S. The second-order valence-corrected chi connectivity index (χ2v) is 7.48. The maximum absolute atomic E-state index is 12.8. The Morgan fingerprint density at radius 3 is 2.50 bits per heavy atom. The van der Waals surface area contributed by atoms with Crippen molar-refractivity contribution in [2.24, 2.45) is 0 Å². The minimum absolute atomic E-state index is 0.00605. The smallest absolute Gasteiger partial charge is 0.262 e. The van der Waals surface area contributed by atoms with Crippen molar-refractivity contribution >= 4 is 28.4 Å². The molecule has 0 aliphatic heterocycles. The molecule has 1 heterocycles. The van der Waals surface area contributed by atoms with Crippen LogP contribution in [0.3, 0.4) is 0 Å². The third-order valence-corrected chi connectivity index (χ3v) is 5.21. The summed E-state index contributed by atoms with van der Waals surface area (Å²) >= 11 is 1.54. The van der Waals surface area contributed by atoms with Crippen LogP contribution < -0.4 is 5.56 Å². The van der Waals surface area contributed by atoms with Crippen LogP contribution in [0.2, 0.25) is 0 Å². The topological polar surface area (TPSA) is 52.0 Å². The van der Waals surface area contributed by atoms with Gasteiger partial charge < -0.3 is 0 Å². The first-order valence-corrected chi connectivity index (χ1v) is 9.79. The fraction of sp³-hybridized carbons (Fsp3) is 0.286. The van der Waals surface area contributed by atoms with Gasteiger partial charge in [-0.25, -0.2) is 4.98 Å². The summed E-state index contributed by atoms with van der Waals surface area (Å²) in [5.41, 5.74) is 1.46. The molecule has 0 aliphatic carbocycles. The summed E-state index contributed by atoms with van der Waals surface area (Å²) in [5.74, 6) is 0.898. The number of nitrogens with zero attached hydrogens (tertiary/aromatic N) is 2. The molecule has 3 aromatic rings. The van der Waals surface area contributed by atoms with Gasteiger partial charge in [0.15, 0.2) is 10.9 Å². The summed E-state index contributed by atoms with van der Waals surface area (Å²) in [6, 6.07) is 16.8. The average molecular weight is 366 g/mol. The lowest BCUT2D eigenvalue weighted by Crippen LogP contribution is -2.25. The second kappa shape index (κ2) is 8.32. The van der Waals surface area contributed by atoms with Crippen LogP contribution in [-0.2, 0) is 0 Å². The van der Waals surface area contributed by atoms with E-state index in [9.17, 15) is 9.59 Å². The largest absolute Gasteiger partial charge is 0.294 e. The van der Waals surface area contributed by atoms with Crippen molar-refractivity contribution in [3.8, 4) is 0 Å². The second-order valence-electron chi connectivity index (χ2n) is 6.42. The van der Waals surface area contributed by atoms with Gasteiger partial charge in [-0.1, -0.05) is 54.2 Å². The van der Waals surface area contributed by atoms with Crippen molar-refractivity contribution in [1.82, 2.24) is 9.55 Å². The monoisotopic (exact) mass is 366 g/mol. The number of para-hydroxylation sites is 1. The first-order chi connectivity index (χ1) is 12.6. The van der Waals surface area contributed by atoms with Crippen molar-refractivity contribution < 1.29 is 4.79 Å². The number of carbonyl (C=O) groups is 1. The minimum atomic E-state index is -0.00605. The number of ketones is 1. The van der Waals surface area contributed by atoms with Gasteiger partial charge in [0.05, 0.1) is 10.9 Å². The van der Waals surface area contributed by atoms with Gasteiger partial charge in [-0.3, -0.25) is 14.2 Å². The SMILES string of the molecule is CC(C)n1c(SCCCC(=O)c2ccccc2)nc2ccccc2c1=O. The minimum Gasteiger partial charge on any atom is -0.294 e. The Kier molecular flexibility index (Phi) is 5.89. The fourth-order valence-corrected chi connectivity index (χ4v) is 3.91. The molecule has 0 aliphatic rings. The van der Waals surface area contributed by atoms with Gasteiger partial charge in [0.25, 0.3) is 5.56 Å². The highest BCUT2D eigenvalue weighted by atomic mass is 32.2. The van der Waals surface area contributed by atoms with Crippen LogP contribution in [0.5, 0.6) is 0 Å². The Morgan fingerprint density at radius 1 is 1.08 bits per heavy atom. The summed E-state index contributed by atoms with van der Waals surface area (Å²) in [5, 5.41) is 1.36. The van der Waals surface area contributed by atoms with Crippen LogP contribution in [0.15, 0.2) is 64.5 Å². The summed E-state index contributed by atoms with van der Waals surface area (Å²) < 4.78 is 1.74. The predicted octanol–water partition coefficient (Wildman–Crippen LogP) is 4.73. The Hall–Kier alpha value is -2.40. The molecule has 0 bridgehead atoms. The number of rotatable bonds is 7. The lowest BCUT2D eigenvalue weighted by molar-refractivity contribution is 0.0982. The van der Waals surface area contributed by atoms with Crippen molar-refractivity contribution in [3.63, 3.8) is 0 Å². The highest BCUT2D eigenvalue weighted by Gasteiger charge is 2.14. The lowest BCUT2D eigenvalue weighted by atomic mass is 10.1. The van der Waals surface area contributed by atoms with Gasteiger partial charge in [-0.05, 0) is 32.4 Å². The van der Waals surface area contributed by atoms with E-state index in [-0.39, 0.29) is 17.4 Å². The maximum Gasteiger partial charge on any atom is 0.262 e. The standard InChI is InChI=1S/C21H22N2O2S/c1-15(2)23-20(25)17-11-6-7-12-18(17)22-21(23)26-14-8-13-19(24)16-9-4-3-5-10-16/h3-7,9-12,15H,8,13-14H2,1-2H3. The number of hydrogen-bond donors (Lipinski definition) is 0. The zero-order valence-electron chi connectivity index (χ0n) is 15.0. The molecule has 0 N–H and O–H groups in total. The molecule has 1 aromatic heterocycles. The van der Waals surface area contributed by atoms with Crippen LogP contribution in [0.4, 0.5) is 0 Å². The van der Waals surface area contributed by atoms with E-state index in [1.165, 1.54) is 0 Å². The number of benzene rings is 2. The number of carbonyl (C=O) groups excluding carboxylic acids is 1. The Morgan fingerprint density at radius 2 is 1.77 bits per heavy atom. The molecule has 0 amide bonds. The van der Waals surface area contributed by atoms with Gasteiger partial charge in [0.2, 0.25) is 0 Å². The van der Waals surface area contributed by atoms with E-state index in [0.29, 0.717) is 11.8 Å². The molecule has 0 spiro atoms. The number of thioether (sulfide) groups is 1. The molecule has 0 saturated heterocycles. The summed E-state index contributed by atoms with van der Waals surface area (Å²) in [4.78, 5) is 29.6. The van der Waals surface area contributed by atoms with Crippen LogP contribution in [0, 0.1) is 0 Å². The first kappa shape index (κ1) is 18.4. The maximum atomic E-state index is 12.8. The lowest BCUT2D eigenvalue weighted by Gasteiger charge is -2.16. The predicted molar refractivity (Wildman–Crippen MR) is 107 cm³/mol. The Bertz CT molecular complexity index is 965. The van der Waals surface area contributed by atoms with Gasteiger partial charge in [0, 0.05) is 23.8 Å². The van der Waals surface area contributed by atoms with Crippen LogP contribution in [-0.4, -0.2) is 21.1 Å². The Labute approximate surface area is 157 Å². The van der Waals surface area contributed by atoms with Crippen LogP contribution in [0.25, 0.3) is 10.9 Å². The molecule has 3 rings (SSSR count). The third kappa shape index (κ3) is 4.05. The summed E-state index contributed by atoms with van der Waals surface area (Å²) in [6.07, 6.45) is 1.25. The molecular weight excluding hydrogens is 344 g/mol. The molecule has 4 nitrogen and oxygen atoms in total. The van der Waals surface area contributed by atoms with E-state index in [1.54, 1.807) is 16.3 Å². The number of hydrogen-bond acceptors (Lipinski definition) is 4. The van der Waals surface area contributed by atoms with Crippen molar-refractivity contribution in [1.29, 1.82) is 0 Å². The first-order valence-electron chi connectivity index (χ1n) is 8.80.